The van der Waals surface area contributed by atoms with E-state index in [1.165, 1.54) is 10.8 Å². The van der Waals surface area contributed by atoms with Crippen LogP contribution in [0.4, 0.5) is 22.7 Å². The maximum Gasteiger partial charge on any atom is 0.202 e. The van der Waals surface area contributed by atoms with Gasteiger partial charge in [0.15, 0.2) is 0 Å². The van der Waals surface area contributed by atoms with Crippen molar-refractivity contribution in [3.05, 3.63) is 167 Å². The first-order chi connectivity index (χ1) is 21.6. The van der Waals surface area contributed by atoms with Gasteiger partial charge in [-0.15, -0.1) is 0 Å². The number of fused-ring (bicyclic) bond motifs is 3. The molecule has 7 aromatic carbocycles. The molecule has 0 spiro atoms. The summed E-state index contributed by atoms with van der Waals surface area (Å²) in [6.07, 6.45) is 4.15. The van der Waals surface area contributed by atoms with Crippen molar-refractivity contribution in [1.29, 1.82) is 5.26 Å². The Labute approximate surface area is 257 Å². The minimum Gasteiger partial charge on any atom is -0.310 e. The number of rotatable bonds is 5. The topological polar surface area (TPSA) is 31.4 Å². The molecule has 0 bridgehead atoms. The molecular weight excluding hydrogens is 534 g/mol. The smallest absolute Gasteiger partial charge is 0.202 e. The van der Waals surface area contributed by atoms with Crippen molar-refractivity contribution >= 4 is 67.2 Å². The predicted octanol–water partition coefficient (Wildman–Crippen LogP) is 11.5. The van der Waals surface area contributed by atoms with Crippen LogP contribution in [-0.4, -0.2) is 0 Å². The van der Waals surface area contributed by atoms with Gasteiger partial charge in [-0.2, -0.15) is 5.26 Å². The van der Waals surface area contributed by atoms with Crippen molar-refractivity contribution in [2.45, 2.75) is 6.92 Å². The van der Waals surface area contributed by atoms with E-state index < -0.39 is 0 Å². The third-order valence-electron chi connectivity index (χ3n) is 8.13. The Kier molecular flexibility index (Phi) is 6.84. The Hall–Kier alpha value is -6.16. The van der Waals surface area contributed by atoms with E-state index in [0.29, 0.717) is 11.3 Å². The minimum atomic E-state index is 0.586. The molecule has 0 N–H and O–H groups in total. The maximum absolute atomic E-state index is 10.0. The van der Waals surface area contributed by atoms with Gasteiger partial charge >= 0.3 is 0 Å². The molecule has 0 aliphatic heterocycles. The van der Waals surface area contributed by atoms with Gasteiger partial charge in [-0.3, -0.25) is 0 Å². The van der Waals surface area contributed by atoms with Crippen LogP contribution < -0.4 is 4.90 Å². The normalized spacial score (nSPS) is 11.2. The molecule has 0 radical (unpaired) electrons. The summed E-state index contributed by atoms with van der Waals surface area (Å²) < 4.78 is 0. The van der Waals surface area contributed by atoms with Gasteiger partial charge in [0.25, 0.3) is 0 Å². The van der Waals surface area contributed by atoms with Crippen LogP contribution in [-0.2, 0) is 0 Å². The van der Waals surface area contributed by atoms with Crippen LogP contribution in [0.15, 0.2) is 133 Å². The molecular formula is C41H27N3. The third-order valence-corrected chi connectivity index (χ3v) is 8.13. The summed E-state index contributed by atoms with van der Waals surface area (Å²) in [5.41, 5.74) is 7.61. The number of hydrogen-bond donors (Lipinski definition) is 0. The number of nitrogens with zero attached hydrogens (tertiary/aromatic N) is 3. The lowest BCUT2D eigenvalue weighted by atomic mass is 9.93. The van der Waals surface area contributed by atoms with Crippen LogP contribution in [0.3, 0.4) is 0 Å². The van der Waals surface area contributed by atoms with E-state index >= 15 is 0 Å². The van der Waals surface area contributed by atoms with Crippen molar-refractivity contribution in [3.63, 3.8) is 0 Å². The molecule has 206 valence electrons. The molecule has 0 aliphatic carbocycles. The van der Waals surface area contributed by atoms with Crippen molar-refractivity contribution < 1.29 is 0 Å². The quantitative estimate of drug-likeness (QED) is 0.119. The fourth-order valence-corrected chi connectivity index (χ4v) is 6.02. The molecule has 7 aromatic rings. The zero-order chi connectivity index (χ0) is 30.0. The lowest BCUT2D eigenvalue weighted by Gasteiger charge is -2.27. The third kappa shape index (κ3) is 4.74. The molecule has 7 rings (SSSR count). The number of para-hydroxylation sites is 1. The van der Waals surface area contributed by atoms with E-state index in [9.17, 15) is 5.26 Å². The zero-order valence-corrected chi connectivity index (χ0v) is 24.2. The first kappa shape index (κ1) is 26.7. The Morgan fingerprint density at radius 1 is 0.614 bits per heavy atom. The highest BCUT2D eigenvalue weighted by atomic mass is 15.1. The fourth-order valence-electron chi connectivity index (χ4n) is 6.02. The van der Waals surface area contributed by atoms with E-state index in [-0.39, 0.29) is 0 Å². The second-order valence-corrected chi connectivity index (χ2v) is 10.9. The van der Waals surface area contributed by atoms with Gasteiger partial charge in [0, 0.05) is 16.8 Å². The van der Waals surface area contributed by atoms with Crippen molar-refractivity contribution in [1.82, 2.24) is 0 Å². The van der Waals surface area contributed by atoms with E-state index in [4.69, 9.17) is 6.57 Å². The number of nitriles is 1. The average molecular weight is 562 g/mol. The predicted molar refractivity (Wildman–Crippen MR) is 185 cm³/mol. The first-order valence-corrected chi connectivity index (χ1v) is 14.5. The highest BCUT2D eigenvalue weighted by Crippen LogP contribution is 2.40. The molecule has 0 aliphatic rings. The van der Waals surface area contributed by atoms with Gasteiger partial charge < -0.3 is 4.90 Å². The molecule has 44 heavy (non-hydrogen) atoms. The second-order valence-electron chi connectivity index (χ2n) is 10.9. The molecule has 0 atom stereocenters. The molecule has 0 saturated heterocycles. The zero-order valence-electron chi connectivity index (χ0n) is 24.2. The fraction of sp³-hybridized carbons (Fsp3) is 0.0244. The average Bonchev–Trinajstić information content (AvgIpc) is 3.07. The van der Waals surface area contributed by atoms with Crippen LogP contribution in [0.5, 0.6) is 0 Å². The summed E-state index contributed by atoms with van der Waals surface area (Å²) in [6, 6.07) is 48.2. The molecule has 0 fully saturated rings. The summed E-state index contributed by atoms with van der Waals surface area (Å²) in [4.78, 5) is 6.19. The molecule has 0 saturated carbocycles. The summed E-state index contributed by atoms with van der Waals surface area (Å²) in [7, 11) is 0. The Morgan fingerprint density at radius 3 is 2.09 bits per heavy atom. The summed E-state index contributed by atoms with van der Waals surface area (Å²) >= 11 is 0. The van der Waals surface area contributed by atoms with Crippen LogP contribution in [0, 0.1) is 24.8 Å². The van der Waals surface area contributed by atoms with Crippen LogP contribution in [0.25, 0.3) is 49.3 Å². The SMILES string of the molecule is [C-]#[N+]c1c2ccc(C)cc2c(C#N)c2ccc(C=Cc3ccc(N(c4ccccc4)c4cccc5ccccc45)cc3)cc12. The van der Waals surface area contributed by atoms with Crippen LogP contribution in [0.2, 0.25) is 0 Å². The van der Waals surface area contributed by atoms with Gasteiger partial charge in [0.1, 0.15) is 6.07 Å². The molecule has 3 nitrogen and oxygen atoms in total. The molecule has 0 unspecified atom stereocenters. The highest BCUT2D eigenvalue weighted by molar-refractivity contribution is 6.15. The summed E-state index contributed by atoms with van der Waals surface area (Å²) in [5.74, 6) is 0. The van der Waals surface area contributed by atoms with E-state index in [2.05, 4.69) is 119 Å². The molecule has 0 heterocycles. The van der Waals surface area contributed by atoms with E-state index in [1.54, 1.807) is 0 Å². The van der Waals surface area contributed by atoms with Crippen molar-refractivity contribution in [3.8, 4) is 6.07 Å². The maximum atomic E-state index is 10.0. The lowest BCUT2D eigenvalue weighted by molar-refractivity contribution is 1.30. The second kappa shape index (κ2) is 11.3. The Morgan fingerprint density at radius 2 is 1.30 bits per heavy atom. The monoisotopic (exact) mass is 561 g/mol. The number of hydrogen-bond acceptors (Lipinski definition) is 2. The number of benzene rings is 7. The van der Waals surface area contributed by atoms with Gasteiger partial charge in [-0.05, 0) is 75.3 Å². The van der Waals surface area contributed by atoms with Gasteiger partial charge in [-0.1, -0.05) is 121 Å². The molecule has 0 amide bonds. The minimum absolute atomic E-state index is 0.586. The van der Waals surface area contributed by atoms with Crippen molar-refractivity contribution in [2.24, 2.45) is 0 Å². The van der Waals surface area contributed by atoms with Crippen LogP contribution >= 0.6 is 0 Å². The largest absolute Gasteiger partial charge is 0.310 e. The van der Waals surface area contributed by atoms with Gasteiger partial charge in [-0.25, -0.2) is 4.85 Å². The van der Waals surface area contributed by atoms with Crippen LogP contribution in [0.1, 0.15) is 22.3 Å². The Balaban J connectivity index is 1.26. The number of aryl methyl sites for hydroxylation is 1. The van der Waals surface area contributed by atoms with Crippen molar-refractivity contribution in [2.75, 3.05) is 4.90 Å². The summed E-state index contributed by atoms with van der Waals surface area (Å²) in [6.45, 7) is 9.95. The molecule has 0 aromatic heterocycles. The highest BCUT2D eigenvalue weighted by Gasteiger charge is 2.16. The van der Waals surface area contributed by atoms with Gasteiger partial charge in [0.05, 0.1) is 17.8 Å². The lowest BCUT2D eigenvalue weighted by Crippen LogP contribution is -2.10. The first-order valence-electron chi connectivity index (χ1n) is 14.5. The van der Waals surface area contributed by atoms with Gasteiger partial charge in [0.2, 0.25) is 5.69 Å². The van der Waals surface area contributed by atoms with E-state index in [1.807, 2.05) is 49.4 Å². The van der Waals surface area contributed by atoms with E-state index in [0.717, 1.165) is 55.3 Å². The standard InChI is InChI=1S/C41H27N3/c1-28-15-23-36-37(25-28)39(27-42)35-24-20-30(26-38(35)41(36)43-2)17-16-29-18-21-33(22-19-29)44(32-11-4-3-5-12-32)40-14-8-10-31-9-6-7-13-34(31)40/h3-26H,1H3. The number of anilines is 3. The summed E-state index contributed by atoms with van der Waals surface area (Å²) in [5, 5.41) is 15.7. The Bertz CT molecular complexity index is 2300. The molecule has 3 heteroatoms.